The van der Waals surface area contributed by atoms with Crippen molar-refractivity contribution in [1.82, 2.24) is 4.98 Å². The molecule has 8 heteroatoms. The summed E-state index contributed by atoms with van der Waals surface area (Å²) in [7, 11) is 0. The van der Waals surface area contributed by atoms with Crippen LogP contribution < -0.4 is 0 Å². The minimum absolute atomic E-state index is 0.116. The van der Waals surface area contributed by atoms with Crippen LogP contribution in [0.2, 0.25) is 0 Å². The lowest BCUT2D eigenvalue weighted by atomic mass is 9.83. The zero-order valence-corrected chi connectivity index (χ0v) is 17.3. The average Bonchev–Trinajstić information content (AvgIpc) is 3.01. The van der Waals surface area contributed by atoms with Gasteiger partial charge < -0.3 is 14.2 Å². The summed E-state index contributed by atoms with van der Waals surface area (Å²) < 4.78 is 16.2. The van der Waals surface area contributed by atoms with E-state index in [9.17, 15) is 14.4 Å². The maximum Gasteiger partial charge on any atom is 0.320 e. The van der Waals surface area contributed by atoms with Crippen LogP contribution in [-0.2, 0) is 28.6 Å². The lowest BCUT2D eigenvalue weighted by Crippen LogP contribution is -2.34. The van der Waals surface area contributed by atoms with Gasteiger partial charge in [-0.25, -0.2) is 4.98 Å². The fourth-order valence-electron chi connectivity index (χ4n) is 3.01. The van der Waals surface area contributed by atoms with Crippen LogP contribution in [0.1, 0.15) is 43.7 Å². The molecule has 0 N–H and O–H groups in total. The Kier molecular flexibility index (Phi) is 7.92. The van der Waals surface area contributed by atoms with Crippen LogP contribution in [0.5, 0.6) is 0 Å². The standard InChI is InChI=1S/C20H25NO6S/c1-5-25-17(22)11-14(18(19(23)26-6-2)20(24)27-7-3)13-8-9-16-15(10-13)21-12(4)28-16/h8-10,14,18H,5-7,11H2,1-4H3. The van der Waals surface area contributed by atoms with Crippen LogP contribution in [-0.4, -0.2) is 42.7 Å². The molecule has 7 nitrogen and oxygen atoms in total. The van der Waals surface area contributed by atoms with E-state index in [0.29, 0.717) is 5.56 Å². The summed E-state index contributed by atoms with van der Waals surface area (Å²) in [4.78, 5) is 41.9. The first kappa shape index (κ1) is 21.8. The molecule has 0 saturated heterocycles. The number of nitrogens with zero attached hydrogens (tertiary/aromatic N) is 1. The van der Waals surface area contributed by atoms with Crippen molar-refractivity contribution in [2.75, 3.05) is 19.8 Å². The van der Waals surface area contributed by atoms with Gasteiger partial charge in [-0.1, -0.05) is 6.07 Å². The van der Waals surface area contributed by atoms with E-state index in [0.717, 1.165) is 15.2 Å². The van der Waals surface area contributed by atoms with E-state index in [1.807, 2.05) is 13.0 Å². The predicted octanol–water partition coefficient (Wildman–Crippen LogP) is 3.38. The van der Waals surface area contributed by atoms with Crippen LogP contribution in [0.3, 0.4) is 0 Å². The summed E-state index contributed by atoms with van der Waals surface area (Å²) in [6.07, 6.45) is -0.148. The molecule has 0 aliphatic carbocycles. The number of hydrogen-bond donors (Lipinski definition) is 0. The number of rotatable bonds is 9. The second-order valence-electron chi connectivity index (χ2n) is 6.06. The number of benzene rings is 1. The maximum absolute atomic E-state index is 12.6. The van der Waals surface area contributed by atoms with Gasteiger partial charge in [-0.15, -0.1) is 11.3 Å². The molecule has 1 heterocycles. The molecule has 1 atom stereocenters. The van der Waals surface area contributed by atoms with Crippen molar-refractivity contribution in [3.8, 4) is 0 Å². The van der Waals surface area contributed by atoms with E-state index >= 15 is 0 Å². The van der Waals surface area contributed by atoms with Crippen LogP contribution in [0.25, 0.3) is 10.2 Å². The minimum atomic E-state index is -1.26. The number of thiazole rings is 1. The molecule has 0 radical (unpaired) electrons. The molecule has 1 unspecified atom stereocenters. The molecule has 28 heavy (non-hydrogen) atoms. The predicted molar refractivity (Wildman–Crippen MR) is 105 cm³/mol. The first-order chi connectivity index (χ1) is 13.4. The topological polar surface area (TPSA) is 91.8 Å². The molecule has 2 rings (SSSR count). The Morgan fingerprint density at radius 2 is 1.61 bits per heavy atom. The fraction of sp³-hybridized carbons (Fsp3) is 0.500. The van der Waals surface area contributed by atoms with Gasteiger partial charge in [0.25, 0.3) is 0 Å². The van der Waals surface area contributed by atoms with E-state index in [1.165, 1.54) is 0 Å². The zero-order valence-electron chi connectivity index (χ0n) is 16.5. The molecule has 2 aromatic rings. The third-order valence-electron chi connectivity index (χ3n) is 4.12. The number of hydrogen-bond acceptors (Lipinski definition) is 8. The Morgan fingerprint density at radius 3 is 2.18 bits per heavy atom. The van der Waals surface area contributed by atoms with Gasteiger partial charge in [0.15, 0.2) is 5.92 Å². The Bertz CT molecular complexity index is 828. The second kappa shape index (κ2) is 10.2. The Morgan fingerprint density at radius 1 is 1.00 bits per heavy atom. The van der Waals surface area contributed by atoms with Crippen LogP contribution in [0, 0.1) is 12.8 Å². The normalized spacial score (nSPS) is 12.0. The Hall–Kier alpha value is -2.48. The molecule has 1 aromatic heterocycles. The largest absolute Gasteiger partial charge is 0.466 e. The summed E-state index contributed by atoms with van der Waals surface area (Å²) in [5.41, 5.74) is 1.39. The van der Waals surface area contributed by atoms with E-state index in [2.05, 4.69) is 4.98 Å². The van der Waals surface area contributed by atoms with Crippen molar-refractivity contribution in [3.63, 3.8) is 0 Å². The van der Waals surface area contributed by atoms with Gasteiger partial charge >= 0.3 is 17.9 Å². The Labute approximate surface area is 168 Å². The third-order valence-corrected chi connectivity index (χ3v) is 5.07. The SMILES string of the molecule is CCOC(=O)CC(c1ccc2sc(C)nc2c1)C(C(=O)OCC)C(=O)OCC. The van der Waals surface area contributed by atoms with E-state index in [1.54, 1.807) is 44.2 Å². The number of esters is 3. The van der Waals surface area contributed by atoms with Crippen molar-refractivity contribution < 1.29 is 28.6 Å². The number of aryl methyl sites for hydroxylation is 1. The Balaban J connectivity index is 2.50. The smallest absolute Gasteiger partial charge is 0.320 e. The molecule has 0 amide bonds. The van der Waals surface area contributed by atoms with E-state index in [-0.39, 0.29) is 26.2 Å². The summed E-state index contributed by atoms with van der Waals surface area (Å²) >= 11 is 1.55. The molecule has 0 fully saturated rings. The molecule has 0 aliphatic rings. The molecule has 1 aromatic carbocycles. The van der Waals surface area contributed by atoms with Gasteiger partial charge in [0, 0.05) is 5.92 Å². The summed E-state index contributed by atoms with van der Waals surface area (Å²) in [5, 5.41) is 0.904. The van der Waals surface area contributed by atoms with Gasteiger partial charge in [0.05, 0.1) is 41.5 Å². The lowest BCUT2D eigenvalue weighted by molar-refractivity contribution is -0.163. The zero-order chi connectivity index (χ0) is 20.7. The monoisotopic (exact) mass is 407 g/mol. The van der Waals surface area contributed by atoms with Crippen LogP contribution in [0.15, 0.2) is 18.2 Å². The highest BCUT2D eigenvalue weighted by molar-refractivity contribution is 7.18. The van der Waals surface area contributed by atoms with Crippen LogP contribution >= 0.6 is 11.3 Å². The minimum Gasteiger partial charge on any atom is -0.466 e. The van der Waals surface area contributed by atoms with Crippen molar-refractivity contribution in [2.24, 2.45) is 5.92 Å². The highest BCUT2D eigenvalue weighted by atomic mass is 32.1. The molecule has 0 aliphatic heterocycles. The summed E-state index contributed by atoms with van der Waals surface area (Å²) in [5.74, 6) is -3.97. The van der Waals surface area contributed by atoms with Gasteiger partial charge in [0.1, 0.15) is 0 Å². The fourth-order valence-corrected chi connectivity index (χ4v) is 3.81. The van der Waals surface area contributed by atoms with Crippen molar-refractivity contribution in [3.05, 3.63) is 28.8 Å². The molecule has 0 bridgehead atoms. The van der Waals surface area contributed by atoms with E-state index in [4.69, 9.17) is 14.2 Å². The van der Waals surface area contributed by atoms with Gasteiger partial charge in [-0.05, 0) is 45.4 Å². The van der Waals surface area contributed by atoms with Crippen molar-refractivity contribution in [1.29, 1.82) is 0 Å². The molecular formula is C20H25NO6S. The average molecular weight is 407 g/mol. The quantitative estimate of drug-likeness (QED) is 0.357. The number of aromatic nitrogens is 1. The highest BCUT2D eigenvalue weighted by Crippen LogP contribution is 2.34. The molecule has 0 saturated carbocycles. The van der Waals surface area contributed by atoms with Gasteiger partial charge in [0.2, 0.25) is 0 Å². The number of carbonyl (C=O) groups is 3. The lowest BCUT2D eigenvalue weighted by Gasteiger charge is -2.24. The molecule has 0 spiro atoms. The number of carbonyl (C=O) groups excluding carboxylic acids is 3. The first-order valence-corrected chi connectivity index (χ1v) is 10.1. The maximum atomic E-state index is 12.6. The van der Waals surface area contributed by atoms with E-state index < -0.39 is 29.7 Å². The van der Waals surface area contributed by atoms with Crippen LogP contribution in [0.4, 0.5) is 0 Å². The summed E-state index contributed by atoms with van der Waals surface area (Å²) in [6, 6.07) is 5.48. The second-order valence-corrected chi connectivity index (χ2v) is 7.29. The van der Waals surface area contributed by atoms with Crippen molar-refractivity contribution >= 4 is 39.5 Å². The van der Waals surface area contributed by atoms with Gasteiger partial charge in [-0.3, -0.25) is 14.4 Å². The number of fused-ring (bicyclic) bond motifs is 1. The summed E-state index contributed by atoms with van der Waals surface area (Å²) in [6.45, 7) is 7.36. The molecular weight excluding hydrogens is 382 g/mol. The highest BCUT2D eigenvalue weighted by Gasteiger charge is 2.40. The third kappa shape index (κ3) is 5.28. The van der Waals surface area contributed by atoms with Gasteiger partial charge in [-0.2, -0.15) is 0 Å². The van der Waals surface area contributed by atoms with Crippen molar-refractivity contribution in [2.45, 2.75) is 40.0 Å². The molecule has 152 valence electrons. The number of ether oxygens (including phenoxy) is 3. The first-order valence-electron chi connectivity index (χ1n) is 9.27.